The zero-order valence-corrected chi connectivity index (χ0v) is 69.3. The second-order valence-electron chi connectivity index (χ2n) is 27.2. The van der Waals surface area contributed by atoms with Crippen LogP contribution in [0.4, 0.5) is 0 Å². The van der Waals surface area contributed by atoms with E-state index in [0.29, 0.717) is 25.7 Å². The third-order valence-corrected chi connectivity index (χ3v) is 18.9. The van der Waals surface area contributed by atoms with E-state index in [2.05, 4.69) is 186 Å². The topological polar surface area (TPSA) is 237 Å². The third kappa shape index (κ3) is 78.8. The lowest BCUT2D eigenvalue weighted by Gasteiger charge is -2.21. The highest BCUT2D eigenvalue weighted by molar-refractivity contribution is 7.47. The molecule has 0 fully saturated rings. The molecule has 108 heavy (non-hydrogen) atoms. The summed E-state index contributed by atoms with van der Waals surface area (Å²) in [5, 5.41) is 10.7. The summed E-state index contributed by atoms with van der Waals surface area (Å²) < 4.78 is 68.8. The van der Waals surface area contributed by atoms with Crippen LogP contribution in [0.15, 0.2) is 158 Å². The van der Waals surface area contributed by atoms with Crippen molar-refractivity contribution in [3.8, 4) is 0 Å². The molecule has 0 aliphatic heterocycles. The van der Waals surface area contributed by atoms with Crippen molar-refractivity contribution in [1.82, 2.24) is 0 Å². The molecule has 0 spiro atoms. The van der Waals surface area contributed by atoms with Gasteiger partial charge in [-0.05, 0) is 161 Å². The Morgan fingerprint density at radius 2 is 0.454 bits per heavy atom. The van der Waals surface area contributed by atoms with E-state index in [4.69, 9.17) is 37.0 Å². The summed E-state index contributed by atoms with van der Waals surface area (Å²) in [6.07, 6.45) is 93.4. The van der Waals surface area contributed by atoms with E-state index in [-0.39, 0.29) is 25.7 Å². The molecule has 19 heteroatoms. The number of allylic oxidation sites excluding steroid dienone is 26. The van der Waals surface area contributed by atoms with Crippen molar-refractivity contribution in [3.63, 3.8) is 0 Å². The summed E-state index contributed by atoms with van der Waals surface area (Å²) in [5.41, 5.74) is 0. The molecule has 0 radical (unpaired) electrons. The van der Waals surface area contributed by atoms with E-state index in [1.165, 1.54) is 0 Å². The summed E-state index contributed by atoms with van der Waals surface area (Å²) in [4.78, 5) is 73.2. The van der Waals surface area contributed by atoms with Gasteiger partial charge in [0.25, 0.3) is 0 Å². The number of ether oxygens (including phenoxy) is 4. The van der Waals surface area contributed by atoms with Crippen LogP contribution in [0.2, 0.25) is 0 Å². The molecule has 0 aliphatic carbocycles. The molecule has 0 aromatic heterocycles. The zero-order chi connectivity index (χ0) is 78.9. The molecule has 0 aromatic carbocycles. The SMILES string of the molecule is CC/C=C\C/C=C\C/C=C\C/C=C\CCCCCCCCC(=O)OCC(COP(=O)(O)OCC(O)COP(=O)(O)OCC(COC(=O)CCCCCCCCC/C=C\C/C=C\C/C=C\CC)OC(=O)CCCCCCCCC/C=C\C/C=C\C/C=C\CC)OC(=O)CCCCCCC/C=C\C/C=C\C/C=C\CC. The van der Waals surface area contributed by atoms with Crippen LogP contribution in [0.1, 0.15) is 323 Å². The van der Waals surface area contributed by atoms with Crippen LogP contribution in [0.3, 0.4) is 0 Å². The molecule has 3 N–H and O–H groups in total. The molecule has 0 bridgehead atoms. The van der Waals surface area contributed by atoms with Crippen LogP contribution >= 0.6 is 15.6 Å². The van der Waals surface area contributed by atoms with Crippen molar-refractivity contribution in [2.75, 3.05) is 39.6 Å². The predicted molar refractivity (Wildman–Crippen MR) is 445 cm³/mol. The first-order chi connectivity index (χ1) is 52.7. The van der Waals surface area contributed by atoms with Gasteiger partial charge in [-0.25, -0.2) is 9.13 Å². The molecule has 0 aromatic rings. The minimum atomic E-state index is -5.00. The maximum atomic E-state index is 13.1. The molecule has 0 aliphatic rings. The molecule has 5 atom stereocenters. The molecule has 0 heterocycles. The standard InChI is InChI=1S/C89H148O17P2/c1-5-9-13-17-21-25-29-33-37-40-41-44-47-50-54-58-62-66-70-74-87(92)100-79-84(105-88(93)75-71-67-63-59-55-51-45-36-32-28-24-20-16-12-8-4)81-103-107(95,96)101-77-83(90)78-102-108(97,98)104-82-85(106-89(94)76-72-68-64-60-56-52-48-43-39-35-31-27-23-19-15-11-7-3)80-99-86(91)73-69-65-61-57-53-49-46-42-38-34-30-26-22-18-14-10-6-2/h9-16,21-28,33-39,41,44-45,83-85,90H,5-8,17-20,29-32,40,42-43,46-82H2,1-4H3,(H,95,96)(H,97,98)/b13-9-,14-10-,15-11-,16-12-,25-21-,26-22-,27-23-,28-24-,37-33-,38-34-,39-35-,44-41-,45-36-. The number of aliphatic hydroxyl groups is 1. The minimum absolute atomic E-state index is 0.0675. The normalized spacial score (nSPS) is 14.6. The summed E-state index contributed by atoms with van der Waals surface area (Å²) in [7, 11) is -9.99. The van der Waals surface area contributed by atoms with E-state index in [1.807, 2.05) is 0 Å². The maximum absolute atomic E-state index is 13.1. The van der Waals surface area contributed by atoms with Crippen molar-refractivity contribution in [2.45, 2.75) is 341 Å². The van der Waals surface area contributed by atoms with Gasteiger partial charge in [0.05, 0.1) is 26.4 Å². The number of hydrogen-bond acceptors (Lipinski definition) is 15. The molecular weight excluding hydrogens is 1400 g/mol. The van der Waals surface area contributed by atoms with E-state index in [9.17, 15) is 43.2 Å². The Labute approximate surface area is 655 Å². The number of carbonyl (C=O) groups is 4. The lowest BCUT2D eigenvalue weighted by Crippen LogP contribution is -2.30. The highest BCUT2D eigenvalue weighted by Crippen LogP contribution is 2.45. The molecule has 616 valence electrons. The van der Waals surface area contributed by atoms with Crippen molar-refractivity contribution in [1.29, 1.82) is 0 Å². The van der Waals surface area contributed by atoms with Crippen molar-refractivity contribution in [3.05, 3.63) is 158 Å². The van der Waals surface area contributed by atoms with Gasteiger partial charge in [-0.15, -0.1) is 0 Å². The van der Waals surface area contributed by atoms with Gasteiger partial charge in [-0.1, -0.05) is 295 Å². The van der Waals surface area contributed by atoms with Gasteiger partial charge in [-0.3, -0.25) is 37.3 Å². The number of phosphoric ester groups is 2. The Morgan fingerprint density at radius 1 is 0.259 bits per heavy atom. The molecule has 17 nitrogen and oxygen atoms in total. The fourth-order valence-corrected chi connectivity index (χ4v) is 12.4. The van der Waals surface area contributed by atoms with Crippen LogP contribution in [-0.4, -0.2) is 96.7 Å². The Kier molecular flexibility index (Phi) is 75.8. The average Bonchev–Trinajstić information content (AvgIpc) is 0.901. The number of carbonyl (C=O) groups excluding carboxylic acids is 4. The highest BCUT2D eigenvalue weighted by atomic mass is 31.2. The Morgan fingerprint density at radius 3 is 0.694 bits per heavy atom. The fraction of sp³-hybridized carbons (Fsp3) is 0.663. The quantitative estimate of drug-likeness (QED) is 0.0169. The van der Waals surface area contributed by atoms with Crippen LogP contribution in [0.5, 0.6) is 0 Å². The number of esters is 4. The van der Waals surface area contributed by atoms with Gasteiger partial charge >= 0.3 is 39.5 Å². The van der Waals surface area contributed by atoms with Crippen molar-refractivity contribution in [2.24, 2.45) is 0 Å². The van der Waals surface area contributed by atoms with E-state index < -0.39 is 97.5 Å². The zero-order valence-electron chi connectivity index (χ0n) is 67.5. The summed E-state index contributed by atoms with van der Waals surface area (Å²) in [6, 6.07) is 0. The predicted octanol–water partition coefficient (Wildman–Crippen LogP) is 24.8. The molecular formula is C89H148O17P2. The lowest BCUT2D eigenvalue weighted by atomic mass is 10.1. The van der Waals surface area contributed by atoms with Crippen molar-refractivity contribution < 1.29 is 80.2 Å². The summed E-state index contributed by atoms with van der Waals surface area (Å²) in [6.45, 7) is 4.39. The van der Waals surface area contributed by atoms with Crippen LogP contribution in [0, 0.1) is 0 Å². The van der Waals surface area contributed by atoms with E-state index in [1.54, 1.807) is 0 Å². The Bertz CT molecular complexity index is 2660. The lowest BCUT2D eigenvalue weighted by molar-refractivity contribution is -0.161. The molecule has 0 saturated heterocycles. The smallest absolute Gasteiger partial charge is 0.462 e. The Hall–Kier alpha value is -5.32. The summed E-state index contributed by atoms with van der Waals surface area (Å²) >= 11 is 0. The van der Waals surface area contributed by atoms with Gasteiger partial charge in [0.15, 0.2) is 12.2 Å². The second-order valence-corrected chi connectivity index (χ2v) is 30.1. The highest BCUT2D eigenvalue weighted by Gasteiger charge is 2.30. The molecule has 5 unspecified atom stereocenters. The van der Waals surface area contributed by atoms with Crippen LogP contribution in [0.25, 0.3) is 0 Å². The van der Waals surface area contributed by atoms with Crippen LogP contribution in [-0.2, 0) is 65.4 Å². The first-order valence-corrected chi connectivity index (χ1v) is 44.7. The molecule has 0 amide bonds. The minimum Gasteiger partial charge on any atom is -0.462 e. The largest absolute Gasteiger partial charge is 0.472 e. The van der Waals surface area contributed by atoms with Gasteiger partial charge in [0, 0.05) is 25.7 Å². The first kappa shape index (κ1) is 103. The molecule has 0 saturated carbocycles. The molecule has 0 rings (SSSR count). The number of hydrogen-bond donors (Lipinski definition) is 3. The van der Waals surface area contributed by atoms with Crippen molar-refractivity contribution >= 4 is 39.5 Å². The fourth-order valence-electron chi connectivity index (χ4n) is 10.8. The Balaban J connectivity index is 5.41. The second kappa shape index (κ2) is 79.8. The van der Waals surface area contributed by atoms with Gasteiger partial charge in [-0.2, -0.15) is 0 Å². The monoisotopic (exact) mass is 1550 g/mol. The number of phosphoric acid groups is 2. The number of aliphatic hydroxyl groups excluding tert-OH is 1. The van der Waals surface area contributed by atoms with Gasteiger partial charge < -0.3 is 33.8 Å². The number of rotatable bonds is 77. The number of unbranched alkanes of at least 4 members (excludes halogenated alkanes) is 25. The first-order valence-electron chi connectivity index (χ1n) is 41.7. The van der Waals surface area contributed by atoms with Gasteiger partial charge in [0.1, 0.15) is 19.3 Å². The summed E-state index contributed by atoms with van der Waals surface area (Å²) in [5.74, 6) is -2.23. The third-order valence-electron chi connectivity index (χ3n) is 17.0. The van der Waals surface area contributed by atoms with E-state index in [0.717, 1.165) is 244 Å². The maximum Gasteiger partial charge on any atom is 0.472 e. The van der Waals surface area contributed by atoms with Crippen LogP contribution < -0.4 is 0 Å². The van der Waals surface area contributed by atoms with E-state index >= 15 is 0 Å². The van der Waals surface area contributed by atoms with Gasteiger partial charge in [0.2, 0.25) is 0 Å². The average molecular weight is 1550 g/mol.